The predicted molar refractivity (Wildman–Crippen MR) is 61.7 cm³/mol. The fourth-order valence-electron chi connectivity index (χ4n) is 1.40. The van der Waals surface area contributed by atoms with Gasteiger partial charge in [-0.1, -0.05) is 0 Å². The van der Waals surface area contributed by atoms with E-state index >= 15 is 0 Å². The van der Waals surface area contributed by atoms with Crippen LogP contribution in [0.25, 0.3) is 0 Å². The summed E-state index contributed by atoms with van der Waals surface area (Å²) in [6.45, 7) is 2.38. The van der Waals surface area contributed by atoms with Crippen molar-refractivity contribution in [3.63, 3.8) is 0 Å². The van der Waals surface area contributed by atoms with Crippen molar-refractivity contribution >= 4 is 11.8 Å². The van der Waals surface area contributed by atoms with E-state index in [4.69, 9.17) is 5.73 Å². The molecular formula is C10H13FN6. The number of rotatable bonds is 3. The van der Waals surface area contributed by atoms with E-state index in [2.05, 4.69) is 20.4 Å². The number of nitrogens with two attached hydrogens (primary N) is 1. The highest BCUT2D eigenvalue weighted by atomic mass is 19.1. The number of nitrogens with zero attached hydrogens (tertiary/aromatic N) is 4. The third-order valence-electron chi connectivity index (χ3n) is 2.55. The maximum atomic E-state index is 13.3. The molecule has 0 saturated heterocycles. The summed E-state index contributed by atoms with van der Waals surface area (Å²) in [6.07, 6.45) is 2.77. The molecule has 0 amide bonds. The molecule has 6 nitrogen and oxygen atoms in total. The second kappa shape index (κ2) is 4.36. The van der Waals surface area contributed by atoms with Gasteiger partial charge in [-0.3, -0.25) is 4.68 Å². The van der Waals surface area contributed by atoms with Crippen LogP contribution in [-0.2, 0) is 13.6 Å². The number of nitrogens with one attached hydrogen (secondary N) is 1. The van der Waals surface area contributed by atoms with E-state index in [-0.39, 0.29) is 11.8 Å². The fourth-order valence-corrected chi connectivity index (χ4v) is 1.40. The molecule has 0 unspecified atom stereocenters. The molecule has 2 aromatic rings. The van der Waals surface area contributed by atoms with Crippen molar-refractivity contribution in [2.45, 2.75) is 13.5 Å². The van der Waals surface area contributed by atoms with Crippen molar-refractivity contribution in [1.29, 1.82) is 0 Å². The van der Waals surface area contributed by atoms with Gasteiger partial charge in [-0.2, -0.15) is 10.1 Å². The van der Waals surface area contributed by atoms with Crippen LogP contribution in [0.15, 0.2) is 12.4 Å². The Hall–Kier alpha value is -2.18. The van der Waals surface area contributed by atoms with Gasteiger partial charge < -0.3 is 11.1 Å². The van der Waals surface area contributed by atoms with E-state index < -0.39 is 5.82 Å². The Morgan fingerprint density at radius 3 is 2.88 bits per heavy atom. The van der Waals surface area contributed by atoms with Gasteiger partial charge in [0.15, 0.2) is 11.6 Å². The van der Waals surface area contributed by atoms with E-state index in [1.54, 1.807) is 10.9 Å². The number of aromatic nitrogens is 4. The van der Waals surface area contributed by atoms with Gasteiger partial charge in [-0.05, 0) is 6.92 Å². The summed E-state index contributed by atoms with van der Waals surface area (Å²) in [5.41, 5.74) is 7.37. The van der Waals surface area contributed by atoms with Gasteiger partial charge in [0.1, 0.15) is 0 Å². The average Bonchev–Trinajstić information content (AvgIpc) is 2.62. The maximum absolute atomic E-state index is 13.3. The normalized spacial score (nSPS) is 10.5. The molecule has 2 rings (SSSR count). The molecule has 90 valence electrons. The standard InChI is InChI=1S/C10H13FN6/c1-6-7(4-15-17(6)2)3-13-9-8(11)5-14-10(12)16-9/h4-5H,3H2,1-2H3,(H3,12,13,14,16). The molecule has 0 atom stereocenters. The van der Waals surface area contributed by atoms with Crippen LogP contribution in [0.4, 0.5) is 16.2 Å². The minimum atomic E-state index is -0.527. The maximum Gasteiger partial charge on any atom is 0.222 e. The zero-order valence-electron chi connectivity index (χ0n) is 9.61. The van der Waals surface area contributed by atoms with E-state index in [0.717, 1.165) is 17.5 Å². The lowest BCUT2D eigenvalue weighted by Gasteiger charge is -2.06. The lowest BCUT2D eigenvalue weighted by atomic mass is 10.2. The Bertz CT molecular complexity index is 536. The quantitative estimate of drug-likeness (QED) is 0.825. The number of hydrogen-bond donors (Lipinski definition) is 2. The van der Waals surface area contributed by atoms with Crippen molar-refractivity contribution in [1.82, 2.24) is 19.7 Å². The number of anilines is 2. The Kier molecular flexibility index (Phi) is 2.90. The van der Waals surface area contributed by atoms with Crippen molar-refractivity contribution in [3.05, 3.63) is 29.5 Å². The first-order valence-corrected chi connectivity index (χ1v) is 5.07. The van der Waals surface area contributed by atoms with Gasteiger partial charge in [0, 0.05) is 24.8 Å². The van der Waals surface area contributed by atoms with Crippen LogP contribution >= 0.6 is 0 Å². The molecule has 0 bridgehead atoms. The largest absolute Gasteiger partial charge is 0.368 e. The zero-order valence-corrected chi connectivity index (χ0v) is 9.61. The van der Waals surface area contributed by atoms with Crippen molar-refractivity contribution in [3.8, 4) is 0 Å². The molecule has 0 spiro atoms. The topological polar surface area (TPSA) is 81.7 Å². The van der Waals surface area contributed by atoms with Crippen LogP contribution in [0.5, 0.6) is 0 Å². The summed E-state index contributed by atoms with van der Waals surface area (Å²) < 4.78 is 15.1. The van der Waals surface area contributed by atoms with Gasteiger partial charge in [0.2, 0.25) is 5.95 Å². The molecule has 0 aliphatic carbocycles. The first-order chi connectivity index (χ1) is 8.08. The summed E-state index contributed by atoms with van der Waals surface area (Å²) in [6, 6.07) is 0. The molecular weight excluding hydrogens is 223 g/mol. The van der Waals surface area contributed by atoms with Gasteiger partial charge >= 0.3 is 0 Å². The zero-order chi connectivity index (χ0) is 12.4. The third kappa shape index (κ3) is 2.32. The molecule has 0 fully saturated rings. The Morgan fingerprint density at radius 1 is 1.47 bits per heavy atom. The SMILES string of the molecule is Cc1c(CNc2nc(N)ncc2F)cnn1C. The predicted octanol–water partition coefficient (Wildman–Crippen LogP) is 0.852. The summed E-state index contributed by atoms with van der Waals surface area (Å²) in [4.78, 5) is 7.33. The summed E-state index contributed by atoms with van der Waals surface area (Å²) in [5, 5.41) is 6.96. The number of hydrogen-bond acceptors (Lipinski definition) is 5. The molecule has 0 aliphatic heterocycles. The van der Waals surface area contributed by atoms with Crippen molar-refractivity contribution < 1.29 is 4.39 Å². The number of halogens is 1. The van der Waals surface area contributed by atoms with Crippen LogP contribution in [0, 0.1) is 12.7 Å². The average molecular weight is 236 g/mol. The van der Waals surface area contributed by atoms with Crippen LogP contribution in [0.2, 0.25) is 0 Å². The number of nitrogen functional groups attached to an aromatic ring is 1. The minimum absolute atomic E-state index is 0.0387. The molecule has 17 heavy (non-hydrogen) atoms. The minimum Gasteiger partial charge on any atom is -0.368 e. The molecule has 0 aliphatic rings. The molecule has 7 heteroatoms. The molecule has 0 radical (unpaired) electrons. The lowest BCUT2D eigenvalue weighted by Crippen LogP contribution is -2.07. The molecule has 2 heterocycles. The van der Waals surface area contributed by atoms with Gasteiger partial charge in [0.25, 0.3) is 0 Å². The van der Waals surface area contributed by atoms with Crippen LogP contribution in [0.1, 0.15) is 11.3 Å². The second-order valence-corrected chi connectivity index (χ2v) is 3.66. The summed E-state index contributed by atoms with van der Waals surface area (Å²) in [7, 11) is 1.85. The molecule has 3 N–H and O–H groups in total. The Morgan fingerprint density at radius 2 is 2.24 bits per heavy atom. The van der Waals surface area contributed by atoms with Gasteiger partial charge in [-0.25, -0.2) is 9.37 Å². The number of aryl methyl sites for hydroxylation is 1. The fraction of sp³-hybridized carbons (Fsp3) is 0.300. The van der Waals surface area contributed by atoms with Crippen LogP contribution < -0.4 is 11.1 Å². The summed E-state index contributed by atoms with van der Waals surface area (Å²) >= 11 is 0. The van der Waals surface area contributed by atoms with Crippen LogP contribution in [0.3, 0.4) is 0 Å². The van der Waals surface area contributed by atoms with E-state index in [0.29, 0.717) is 6.54 Å². The Balaban J connectivity index is 2.12. The second-order valence-electron chi connectivity index (χ2n) is 3.66. The Labute approximate surface area is 97.7 Å². The molecule has 0 saturated carbocycles. The van der Waals surface area contributed by atoms with Gasteiger partial charge in [-0.15, -0.1) is 0 Å². The smallest absolute Gasteiger partial charge is 0.222 e. The first kappa shape index (κ1) is 11.3. The lowest BCUT2D eigenvalue weighted by molar-refractivity contribution is 0.617. The molecule has 2 aromatic heterocycles. The van der Waals surface area contributed by atoms with Crippen molar-refractivity contribution in [2.24, 2.45) is 7.05 Å². The van der Waals surface area contributed by atoms with E-state index in [1.807, 2.05) is 14.0 Å². The van der Waals surface area contributed by atoms with E-state index in [9.17, 15) is 4.39 Å². The van der Waals surface area contributed by atoms with Crippen LogP contribution in [-0.4, -0.2) is 19.7 Å². The van der Waals surface area contributed by atoms with E-state index in [1.165, 1.54) is 0 Å². The monoisotopic (exact) mass is 236 g/mol. The molecule has 0 aromatic carbocycles. The first-order valence-electron chi connectivity index (χ1n) is 5.07. The summed E-state index contributed by atoms with van der Waals surface area (Å²) in [5.74, 6) is -0.390. The highest BCUT2D eigenvalue weighted by Crippen LogP contribution is 2.13. The van der Waals surface area contributed by atoms with Gasteiger partial charge in [0.05, 0.1) is 12.4 Å². The highest BCUT2D eigenvalue weighted by Gasteiger charge is 2.07. The third-order valence-corrected chi connectivity index (χ3v) is 2.55. The highest BCUT2D eigenvalue weighted by molar-refractivity contribution is 5.40. The van der Waals surface area contributed by atoms with Crippen molar-refractivity contribution in [2.75, 3.05) is 11.1 Å².